The van der Waals surface area contributed by atoms with Crippen LogP contribution in [0.4, 0.5) is 0 Å². The van der Waals surface area contributed by atoms with Gasteiger partial charge in [0.2, 0.25) is 0 Å². The molecule has 2 unspecified atom stereocenters. The fraction of sp³-hybridized carbons (Fsp3) is 0.600. The normalized spacial score (nSPS) is 37.4. The fourth-order valence-electron chi connectivity index (χ4n) is 2.28. The molecule has 2 heteroatoms. The van der Waals surface area contributed by atoms with Gasteiger partial charge >= 0.3 is 0 Å². The summed E-state index contributed by atoms with van der Waals surface area (Å²) in [5.41, 5.74) is 0.550. The van der Waals surface area contributed by atoms with Crippen LogP contribution in [0.15, 0.2) is 11.6 Å². The summed E-state index contributed by atoms with van der Waals surface area (Å²) in [5.74, 6) is 0.274. The monoisotopic (exact) mass is 164 g/mol. The minimum absolute atomic E-state index is 0.0185. The minimum Gasteiger partial charge on any atom is -0.294 e. The van der Waals surface area contributed by atoms with Crippen molar-refractivity contribution in [3.05, 3.63) is 11.6 Å². The highest BCUT2D eigenvalue weighted by molar-refractivity contribution is 6.14. The molecule has 0 aromatic rings. The van der Waals surface area contributed by atoms with Crippen molar-refractivity contribution < 1.29 is 9.59 Å². The van der Waals surface area contributed by atoms with E-state index in [0.717, 1.165) is 0 Å². The zero-order chi connectivity index (χ0) is 9.09. The highest BCUT2D eigenvalue weighted by Gasteiger charge is 2.65. The molecule has 0 aromatic carbocycles. The Labute approximate surface area is 71.6 Å². The Balaban J connectivity index is 2.42. The summed E-state index contributed by atoms with van der Waals surface area (Å²) in [6, 6.07) is 0. The number of Topliss-reactive ketones (excluding diaryl/α,β-unsaturated/α-hetero) is 1. The standard InChI is InChI=1S/C10H12O2/c1-5-4-6(11)7-8(9(5)12)10(7,2)3/h4,7-8H,1-3H3. The van der Waals surface area contributed by atoms with Crippen LogP contribution in [0.2, 0.25) is 0 Å². The van der Waals surface area contributed by atoms with Crippen LogP contribution in [0.1, 0.15) is 20.8 Å². The summed E-state index contributed by atoms with van der Waals surface area (Å²) in [7, 11) is 0. The van der Waals surface area contributed by atoms with Crippen LogP contribution in [-0.2, 0) is 9.59 Å². The highest BCUT2D eigenvalue weighted by atomic mass is 16.1. The molecule has 1 saturated carbocycles. The SMILES string of the molecule is CC1=CC(=O)C2C(C1=O)C2(C)C. The van der Waals surface area contributed by atoms with Crippen molar-refractivity contribution in [1.82, 2.24) is 0 Å². The second-order valence-electron chi connectivity index (χ2n) is 4.37. The van der Waals surface area contributed by atoms with Crippen LogP contribution < -0.4 is 0 Å². The van der Waals surface area contributed by atoms with Crippen molar-refractivity contribution in [1.29, 1.82) is 0 Å². The zero-order valence-corrected chi connectivity index (χ0v) is 7.55. The first kappa shape index (κ1) is 7.71. The quantitative estimate of drug-likeness (QED) is 0.541. The predicted octanol–water partition coefficient (Wildman–Crippen LogP) is 1.36. The Hall–Kier alpha value is -0.920. The lowest BCUT2D eigenvalue weighted by molar-refractivity contribution is -0.122. The van der Waals surface area contributed by atoms with Crippen LogP contribution in [0.5, 0.6) is 0 Å². The Morgan fingerprint density at radius 1 is 1.25 bits per heavy atom. The highest BCUT2D eigenvalue weighted by Crippen LogP contribution is 2.61. The molecule has 0 aromatic heterocycles. The van der Waals surface area contributed by atoms with Crippen LogP contribution in [-0.4, -0.2) is 11.6 Å². The van der Waals surface area contributed by atoms with Crippen molar-refractivity contribution in [3.63, 3.8) is 0 Å². The molecule has 0 saturated heterocycles. The molecular formula is C10H12O2. The maximum absolute atomic E-state index is 11.5. The molecule has 12 heavy (non-hydrogen) atoms. The summed E-state index contributed by atoms with van der Waals surface area (Å²) in [4.78, 5) is 22.9. The van der Waals surface area contributed by atoms with Crippen molar-refractivity contribution in [2.24, 2.45) is 17.3 Å². The fourth-order valence-corrected chi connectivity index (χ4v) is 2.28. The van der Waals surface area contributed by atoms with Gasteiger partial charge in [0, 0.05) is 11.8 Å². The van der Waals surface area contributed by atoms with Gasteiger partial charge in [-0.25, -0.2) is 0 Å². The van der Waals surface area contributed by atoms with Gasteiger partial charge in [-0.05, 0) is 24.0 Å². The van der Waals surface area contributed by atoms with Gasteiger partial charge in [0.25, 0.3) is 0 Å². The molecule has 0 radical (unpaired) electrons. The van der Waals surface area contributed by atoms with Crippen LogP contribution >= 0.6 is 0 Å². The van der Waals surface area contributed by atoms with Crippen molar-refractivity contribution >= 4 is 11.6 Å². The molecular weight excluding hydrogens is 152 g/mol. The average molecular weight is 164 g/mol. The maximum Gasteiger partial charge on any atom is 0.163 e. The number of hydrogen-bond acceptors (Lipinski definition) is 2. The van der Waals surface area contributed by atoms with Crippen LogP contribution in [0, 0.1) is 17.3 Å². The average Bonchev–Trinajstić information content (AvgIpc) is 2.50. The number of rotatable bonds is 0. The van der Waals surface area contributed by atoms with E-state index in [1.807, 2.05) is 13.8 Å². The molecule has 0 spiro atoms. The number of carbonyl (C=O) groups is 2. The molecule has 64 valence electrons. The Morgan fingerprint density at radius 2 is 1.83 bits per heavy atom. The first-order chi connectivity index (χ1) is 5.46. The first-order valence-electron chi connectivity index (χ1n) is 4.22. The predicted molar refractivity (Wildman–Crippen MR) is 44.5 cm³/mol. The number of fused-ring (bicyclic) bond motifs is 1. The van der Waals surface area contributed by atoms with Gasteiger partial charge in [0.1, 0.15) is 0 Å². The molecule has 0 N–H and O–H groups in total. The molecule has 0 bridgehead atoms. The van der Waals surface area contributed by atoms with Crippen molar-refractivity contribution in [2.75, 3.05) is 0 Å². The summed E-state index contributed by atoms with van der Waals surface area (Å²) < 4.78 is 0. The Bertz CT molecular complexity index is 310. The van der Waals surface area contributed by atoms with Gasteiger partial charge in [-0.3, -0.25) is 9.59 Å². The van der Waals surface area contributed by atoms with Gasteiger partial charge in [-0.1, -0.05) is 13.8 Å². The lowest BCUT2D eigenvalue weighted by Crippen LogP contribution is -2.14. The lowest BCUT2D eigenvalue weighted by Gasteiger charge is -2.03. The maximum atomic E-state index is 11.5. The largest absolute Gasteiger partial charge is 0.294 e. The third kappa shape index (κ3) is 0.701. The van der Waals surface area contributed by atoms with E-state index in [-0.39, 0.29) is 28.8 Å². The van der Waals surface area contributed by atoms with Gasteiger partial charge in [0.15, 0.2) is 11.6 Å². The summed E-state index contributed by atoms with van der Waals surface area (Å²) in [5, 5.41) is 0. The van der Waals surface area contributed by atoms with E-state index in [9.17, 15) is 9.59 Å². The van der Waals surface area contributed by atoms with Gasteiger partial charge in [0.05, 0.1) is 0 Å². The minimum atomic E-state index is -0.0809. The van der Waals surface area contributed by atoms with Crippen molar-refractivity contribution in [2.45, 2.75) is 20.8 Å². The molecule has 2 nitrogen and oxygen atoms in total. The lowest BCUT2D eigenvalue weighted by atomic mass is 9.99. The van der Waals surface area contributed by atoms with Crippen molar-refractivity contribution in [3.8, 4) is 0 Å². The number of carbonyl (C=O) groups excluding carboxylic acids is 2. The van der Waals surface area contributed by atoms with E-state index < -0.39 is 0 Å². The summed E-state index contributed by atoms with van der Waals surface area (Å²) >= 11 is 0. The third-order valence-corrected chi connectivity index (χ3v) is 3.16. The Morgan fingerprint density at radius 3 is 2.42 bits per heavy atom. The second-order valence-corrected chi connectivity index (χ2v) is 4.37. The van der Waals surface area contributed by atoms with E-state index in [0.29, 0.717) is 5.57 Å². The first-order valence-corrected chi connectivity index (χ1v) is 4.22. The molecule has 0 amide bonds. The molecule has 0 aliphatic heterocycles. The van der Waals surface area contributed by atoms with Gasteiger partial charge in [-0.15, -0.1) is 0 Å². The number of ketones is 2. The smallest absolute Gasteiger partial charge is 0.163 e. The number of allylic oxidation sites excluding steroid dienone is 2. The van der Waals surface area contributed by atoms with Gasteiger partial charge < -0.3 is 0 Å². The molecule has 2 rings (SSSR count). The van der Waals surface area contributed by atoms with E-state index in [1.54, 1.807) is 6.92 Å². The van der Waals surface area contributed by atoms with E-state index >= 15 is 0 Å². The second kappa shape index (κ2) is 1.87. The van der Waals surface area contributed by atoms with Gasteiger partial charge in [-0.2, -0.15) is 0 Å². The summed E-state index contributed by atoms with van der Waals surface area (Å²) in [6.45, 7) is 5.71. The third-order valence-electron chi connectivity index (χ3n) is 3.16. The Kier molecular flexibility index (Phi) is 1.20. The summed E-state index contributed by atoms with van der Waals surface area (Å²) in [6.07, 6.45) is 1.50. The number of hydrogen-bond donors (Lipinski definition) is 0. The molecule has 2 aliphatic carbocycles. The molecule has 1 fully saturated rings. The molecule has 0 heterocycles. The van der Waals surface area contributed by atoms with Crippen LogP contribution in [0.3, 0.4) is 0 Å². The zero-order valence-electron chi connectivity index (χ0n) is 7.55. The van der Waals surface area contributed by atoms with E-state index in [2.05, 4.69) is 0 Å². The molecule has 2 atom stereocenters. The van der Waals surface area contributed by atoms with E-state index in [4.69, 9.17) is 0 Å². The van der Waals surface area contributed by atoms with Crippen LogP contribution in [0.25, 0.3) is 0 Å². The topological polar surface area (TPSA) is 34.1 Å². The van der Waals surface area contributed by atoms with E-state index in [1.165, 1.54) is 6.08 Å². The molecule has 2 aliphatic rings.